The van der Waals surface area contributed by atoms with Crippen molar-refractivity contribution in [3.8, 4) is 0 Å². The molecule has 2 aliphatic heterocycles. The molecule has 0 spiro atoms. The second kappa shape index (κ2) is 10.0. The summed E-state index contributed by atoms with van der Waals surface area (Å²) in [5.74, 6) is 2.82. The summed E-state index contributed by atoms with van der Waals surface area (Å²) < 4.78 is 0. The van der Waals surface area contributed by atoms with Gasteiger partial charge >= 0.3 is 0 Å². The van der Waals surface area contributed by atoms with Gasteiger partial charge in [-0.05, 0) is 96.2 Å². The van der Waals surface area contributed by atoms with E-state index in [-0.39, 0.29) is 11.8 Å². The van der Waals surface area contributed by atoms with Gasteiger partial charge in [0, 0.05) is 24.9 Å². The second-order valence-corrected chi connectivity index (χ2v) is 9.41. The van der Waals surface area contributed by atoms with Gasteiger partial charge in [-0.3, -0.25) is 9.59 Å². The fourth-order valence-corrected chi connectivity index (χ4v) is 5.43. The number of nitrogens with zero attached hydrogens (tertiary/aromatic N) is 2. The average Bonchev–Trinajstić information content (AvgIpc) is 2.72. The molecule has 0 aromatic heterocycles. The van der Waals surface area contributed by atoms with E-state index in [2.05, 4.69) is 16.7 Å². The summed E-state index contributed by atoms with van der Waals surface area (Å²) in [4.78, 5) is 29.1. The summed E-state index contributed by atoms with van der Waals surface area (Å²) in [7, 11) is 0. The third-order valence-electron chi connectivity index (χ3n) is 7.72. The number of carbonyl (C=O) groups is 2. The molecule has 3 fully saturated rings. The molecule has 4 nitrogen and oxygen atoms in total. The summed E-state index contributed by atoms with van der Waals surface area (Å²) in [6, 6.07) is 0. The summed E-state index contributed by atoms with van der Waals surface area (Å²) >= 11 is 0. The SMILES string of the molecule is CCC1CCN(CCC2CCN(C(=O)C3CCC(C(C)=O)CC3)CC2)CC1. The van der Waals surface area contributed by atoms with Crippen LogP contribution in [0.5, 0.6) is 0 Å². The number of amides is 1. The molecule has 3 rings (SSSR count). The Morgan fingerprint density at radius 1 is 0.778 bits per heavy atom. The Morgan fingerprint density at radius 3 is 1.89 bits per heavy atom. The molecular weight excluding hydrogens is 336 g/mol. The first-order valence-corrected chi connectivity index (χ1v) is 11.6. The van der Waals surface area contributed by atoms with E-state index in [0.717, 1.165) is 50.6 Å². The van der Waals surface area contributed by atoms with Crippen molar-refractivity contribution in [2.24, 2.45) is 23.7 Å². The molecule has 27 heavy (non-hydrogen) atoms. The molecule has 0 radical (unpaired) electrons. The molecule has 0 unspecified atom stereocenters. The minimum absolute atomic E-state index is 0.178. The highest BCUT2D eigenvalue weighted by Gasteiger charge is 2.32. The number of piperidine rings is 2. The second-order valence-electron chi connectivity index (χ2n) is 9.41. The Bertz CT molecular complexity index is 483. The molecule has 0 aromatic carbocycles. The van der Waals surface area contributed by atoms with E-state index in [0.29, 0.717) is 11.7 Å². The van der Waals surface area contributed by atoms with Gasteiger partial charge in [-0.1, -0.05) is 13.3 Å². The molecule has 0 aromatic rings. The van der Waals surface area contributed by atoms with E-state index in [1.165, 1.54) is 58.2 Å². The van der Waals surface area contributed by atoms with E-state index < -0.39 is 0 Å². The van der Waals surface area contributed by atoms with Gasteiger partial charge in [-0.25, -0.2) is 0 Å². The van der Waals surface area contributed by atoms with Crippen LogP contribution in [0.1, 0.15) is 78.1 Å². The number of hydrogen-bond acceptors (Lipinski definition) is 3. The van der Waals surface area contributed by atoms with Gasteiger partial charge < -0.3 is 9.80 Å². The molecule has 3 aliphatic rings. The quantitative estimate of drug-likeness (QED) is 0.700. The van der Waals surface area contributed by atoms with Crippen LogP contribution in [-0.2, 0) is 9.59 Å². The monoisotopic (exact) mass is 376 g/mol. The topological polar surface area (TPSA) is 40.6 Å². The lowest BCUT2D eigenvalue weighted by Gasteiger charge is -2.37. The van der Waals surface area contributed by atoms with E-state index in [1.54, 1.807) is 6.92 Å². The van der Waals surface area contributed by atoms with Crippen LogP contribution in [0.15, 0.2) is 0 Å². The lowest BCUT2D eigenvalue weighted by atomic mass is 9.79. The van der Waals surface area contributed by atoms with Gasteiger partial charge in [0.25, 0.3) is 0 Å². The Balaban J connectivity index is 1.33. The summed E-state index contributed by atoms with van der Waals surface area (Å²) in [6.07, 6.45) is 11.4. The summed E-state index contributed by atoms with van der Waals surface area (Å²) in [5.41, 5.74) is 0. The van der Waals surface area contributed by atoms with Crippen LogP contribution in [-0.4, -0.2) is 54.2 Å². The van der Waals surface area contributed by atoms with Crippen LogP contribution in [0.2, 0.25) is 0 Å². The molecule has 0 atom stereocenters. The maximum absolute atomic E-state index is 12.8. The third kappa shape index (κ3) is 5.79. The highest BCUT2D eigenvalue weighted by Crippen LogP contribution is 2.32. The molecular formula is C23H40N2O2. The first-order valence-electron chi connectivity index (χ1n) is 11.6. The van der Waals surface area contributed by atoms with Crippen molar-refractivity contribution in [3.63, 3.8) is 0 Å². The zero-order chi connectivity index (χ0) is 19.2. The van der Waals surface area contributed by atoms with Gasteiger partial charge in [0.05, 0.1) is 0 Å². The van der Waals surface area contributed by atoms with Crippen molar-refractivity contribution in [2.75, 3.05) is 32.7 Å². The zero-order valence-electron chi connectivity index (χ0n) is 17.6. The lowest BCUT2D eigenvalue weighted by molar-refractivity contribution is -0.139. The maximum Gasteiger partial charge on any atom is 0.225 e. The highest BCUT2D eigenvalue weighted by molar-refractivity contribution is 5.81. The molecule has 2 heterocycles. The van der Waals surface area contributed by atoms with Crippen LogP contribution >= 0.6 is 0 Å². The molecule has 4 heteroatoms. The van der Waals surface area contributed by atoms with Crippen molar-refractivity contribution >= 4 is 11.7 Å². The first kappa shape index (κ1) is 20.8. The molecule has 154 valence electrons. The Morgan fingerprint density at radius 2 is 1.33 bits per heavy atom. The predicted molar refractivity (Wildman–Crippen MR) is 110 cm³/mol. The first-order chi connectivity index (χ1) is 13.1. The smallest absolute Gasteiger partial charge is 0.225 e. The van der Waals surface area contributed by atoms with Crippen molar-refractivity contribution in [3.05, 3.63) is 0 Å². The number of likely N-dealkylation sites (tertiary alicyclic amines) is 2. The number of carbonyl (C=O) groups excluding carboxylic acids is 2. The minimum atomic E-state index is 0.178. The van der Waals surface area contributed by atoms with E-state index in [4.69, 9.17) is 0 Å². The normalized spacial score (nSPS) is 29.0. The van der Waals surface area contributed by atoms with Crippen molar-refractivity contribution in [2.45, 2.75) is 78.1 Å². The van der Waals surface area contributed by atoms with Crippen LogP contribution in [0, 0.1) is 23.7 Å². The molecule has 1 amide bonds. The van der Waals surface area contributed by atoms with Crippen molar-refractivity contribution in [1.82, 2.24) is 9.80 Å². The third-order valence-corrected chi connectivity index (χ3v) is 7.72. The summed E-state index contributed by atoms with van der Waals surface area (Å²) in [5, 5.41) is 0. The standard InChI is InChI=1S/C23H40N2O2/c1-3-19-8-13-24(14-9-19)15-10-20-11-16-25(17-12-20)23(27)22-6-4-21(5-7-22)18(2)26/h19-22H,3-17H2,1-2H3. The maximum atomic E-state index is 12.8. The van der Waals surface area contributed by atoms with E-state index >= 15 is 0 Å². The van der Waals surface area contributed by atoms with E-state index in [1.807, 2.05) is 0 Å². The van der Waals surface area contributed by atoms with Gasteiger partial charge in [0.15, 0.2) is 0 Å². The van der Waals surface area contributed by atoms with Gasteiger partial charge in [0.2, 0.25) is 5.91 Å². The van der Waals surface area contributed by atoms with Crippen molar-refractivity contribution < 1.29 is 9.59 Å². The summed E-state index contributed by atoms with van der Waals surface area (Å²) in [6.45, 7) is 9.76. The molecule has 1 aliphatic carbocycles. The van der Waals surface area contributed by atoms with Crippen LogP contribution < -0.4 is 0 Å². The molecule has 0 N–H and O–H groups in total. The number of Topliss-reactive ketones (excluding diaryl/α,β-unsaturated/α-hetero) is 1. The number of ketones is 1. The highest BCUT2D eigenvalue weighted by atomic mass is 16.2. The largest absolute Gasteiger partial charge is 0.342 e. The fourth-order valence-electron chi connectivity index (χ4n) is 5.43. The molecule has 1 saturated carbocycles. The average molecular weight is 377 g/mol. The van der Waals surface area contributed by atoms with Gasteiger partial charge in [-0.2, -0.15) is 0 Å². The lowest BCUT2D eigenvalue weighted by Crippen LogP contribution is -2.43. The number of rotatable bonds is 6. The van der Waals surface area contributed by atoms with Crippen molar-refractivity contribution in [1.29, 1.82) is 0 Å². The minimum Gasteiger partial charge on any atom is -0.342 e. The fraction of sp³-hybridized carbons (Fsp3) is 0.913. The van der Waals surface area contributed by atoms with Crippen LogP contribution in [0.3, 0.4) is 0 Å². The van der Waals surface area contributed by atoms with Gasteiger partial charge in [-0.15, -0.1) is 0 Å². The predicted octanol–water partition coefficient (Wildman–Crippen LogP) is 4.13. The Hall–Kier alpha value is -0.900. The Labute approximate surface area is 166 Å². The van der Waals surface area contributed by atoms with E-state index in [9.17, 15) is 9.59 Å². The van der Waals surface area contributed by atoms with Gasteiger partial charge in [0.1, 0.15) is 5.78 Å². The van der Waals surface area contributed by atoms with Crippen LogP contribution in [0.4, 0.5) is 0 Å². The molecule has 2 saturated heterocycles. The van der Waals surface area contributed by atoms with Crippen LogP contribution in [0.25, 0.3) is 0 Å². The molecule has 0 bridgehead atoms. The number of hydrogen-bond donors (Lipinski definition) is 0. The Kier molecular flexibility index (Phi) is 7.75. The zero-order valence-corrected chi connectivity index (χ0v) is 17.6.